The van der Waals surface area contributed by atoms with Gasteiger partial charge in [0.25, 0.3) is 0 Å². The van der Waals surface area contributed by atoms with Crippen LogP contribution in [0.4, 0.5) is 0 Å². The number of hydrogen-bond acceptors (Lipinski definition) is 6. The number of nitrogens with one attached hydrogen (secondary N) is 2. The van der Waals surface area contributed by atoms with E-state index in [1.165, 1.54) is 0 Å². The molecule has 0 aliphatic carbocycles. The molecule has 0 unspecified atom stereocenters. The molecular formula is C32H33ClN6O3Si. The quantitative estimate of drug-likeness (QED) is 0.218. The highest BCUT2D eigenvalue weighted by Crippen LogP contribution is 2.34. The van der Waals surface area contributed by atoms with Crippen LogP contribution in [-0.4, -0.2) is 58.1 Å². The number of carbonyl (C=O) groups excluding carboxylic acids is 1. The number of ether oxygens (including phenoxy) is 1. The molecule has 0 bridgehead atoms. The first kappa shape index (κ1) is 28.8. The second kappa shape index (κ2) is 11.4. The Balaban J connectivity index is 1.25. The molecule has 220 valence electrons. The van der Waals surface area contributed by atoms with Crippen LogP contribution in [0.1, 0.15) is 40.8 Å². The number of rotatable bonds is 8. The van der Waals surface area contributed by atoms with Crippen molar-refractivity contribution >= 4 is 47.6 Å². The van der Waals surface area contributed by atoms with Crippen molar-refractivity contribution in [2.24, 2.45) is 4.99 Å². The summed E-state index contributed by atoms with van der Waals surface area (Å²) in [6, 6.07) is 18.9. The summed E-state index contributed by atoms with van der Waals surface area (Å²) >= 11 is 6.20. The monoisotopic (exact) mass is 612 g/mol. The SMILES string of the molecule is COc1ccc2c(c1)C(c1ccc(Cl)cc1)=N[C@@H](CC(=O)NCCc1ccc3c([Si](C)(C)O)c[nH]c3c1)c1nnc(C)n1-2. The Labute approximate surface area is 255 Å². The zero-order valence-electron chi connectivity index (χ0n) is 24.5. The van der Waals surface area contributed by atoms with Crippen LogP contribution in [0.15, 0.2) is 71.9 Å². The molecule has 1 aliphatic rings. The van der Waals surface area contributed by atoms with E-state index in [1.807, 2.05) is 79.3 Å². The molecule has 3 N–H and O–H groups in total. The van der Waals surface area contributed by atoms with Gasteiger partial charge in [-0.3, -0.25) is 14.4 Å². The van der Waals surface area contributed by atoms with Crippen LogP contribution in [0.3, 0.4) is 0 Å². The molecule has 1 atom stereocenters. The zero-order chi connectivity index (χ0) is 30.3. The molecule has 11 heteroatoms. The van der Waals surface area contributed by atoms with Gasteiger partial charge in [0.15, 0.2) is 5.82 Å². The fourth-order valence-corrected chi connectivity index (χ4v) is 7.03. The number of halogens is 1. The van der Waals surface area contributed by atoms with Crippen LogP contribution in [0, 0.1) is 6.92 Å². The van der Waals surface area contributed by atoms with E-state index in [4.69, 9.17) is 21.3 Å². The number of carbonyl (C=O) groups is 1. The standard InChI is InChI=1S/C32H33ClN6O3Si/c1-19-37-38-32-27(17-30(40)34-14-13-20-5-11-24-26(15-20)35-18-29(24)43(3,4)41)36-31(21-6-8-22(33)9-7-21)25-16-23(42-2)10-12-28(25)39(19)32/h5-12,15-16,18,27,35,41H,13-14,17H2,1-4H3,(H,34,40)/t27-/m0/s1. The lowest BCUT2D eigenvalue weighted by Gasteiger charge is -2.14. The van der Waals surface area contributed by atoms with Gasteiger partial charge in [-0.15, -0.1) is 10.2 Å². The van der Waals surface area contributed by atoms with Gasteiger partial charge in [0.1, 0.15) is 17.6 Å². The molecule has 1 amide bonds. The molecule has 0 saturated heterocycles. The molecular weight excluding hydrogens is 580 g/mol. The summed E-state index contributed by atoms with van der Waals surface area (Å²) in [5, 5.41) is 14.5. The molecule has 6 rings (SSSR count). The first-order valence-electron chi connectivity index (χ1n) is 14.2. The summed E-state index contributed by atoms with van der Waals surface area (Å²) in [6.45, 7) is 6.19. The van der Waals surface area contributed by atoms with Crippen molar-refractivity contribution in [1.29, 1.82) is 0 Å². The van der Waals surface area contributed by atoms with E-state index in [9.17, 15) is 9.59 Å². The van der Waals surface area contributed by atoms with Crippen LogP contribution >= 0.6 is 11.6 Å². The number of benzene rings is 3. The number of aromatic nitrogens is 4. The summed E-state index contributed by atoms with van der Waals surface area (Å²) < 4.78 is 7.51. The zero-order valence-corrected chi connectivity index (χ0v) is 26.2. The summed E-state index contributed by atoms with van der Waals surface area (Å²) in [7, 11) is -0.799. The molecule has 0 fully saturated rings. The van der Waals surface area contributed by atoms with E-state index in [0.29, 0.717) is 35.4 Å². The van der Waals surface area contributed by atoms with Gasteiger partial charge >= 0.3 is 0 Å². The van der Waals surface area contributed by atoms with E-state index < -0.39 is 14.4 Å². The van der Waals surface area contributed by atoms with Gasteiger partial charge in [-0.05, 0) is 73.6 Å². The largest absolute Gasteiger partial charge is 0.497 e. The predicted molar refractivity (Wildman–Crippen MR) is 171 cm³/mol. The highest BCUT2D eigenvalue weighted by atomic mass is 35.5. The second-order valence-electron chi connectivity index (χ2n) is 11.3. The maximum absolute atomic E-state index is 13.3. The highest BCUT2D eigenvalue weighted by Gasteiger charge is 2.30. The minimum Gasteiger partial charge on any atom is -0.497 e. The Kier molecular flexibility index (Phi) is 7.68. The summed E-state index contributed by atoms with van der Waals surface area (Å²) in [4.78, 5) is 32.3. The molecule has 3 aromatic carbocycles. The van der Waals surface area contributed by atoms with Crippen molar-refractivity contribution in [2.45, 2.75) is 38.9 Å². The third-order valence-corrected chi connectivity index (χ3v) is 9.75. The maximum atomic E-state index is 13.3. The van der Waals surface area contributed by atoms with Crippen molar-refractivity contribution in [2.75, 3.05) is 13.7 Å². The number of aryl methyl sites for hydroxylation is 1. The first-order chi connectivity index (χ1) is 20.6. The van der Waals surface area contributed by atoms with Gasteiger partial charge in [0, 0.05) is 39.8 Å². The van der Waals surface area contributed by atoms with E-state index in [2.05, 4.69) is 32.6 Å². The number of aromatic amines is 1. The van der Waals surface area contributed by atoms with Crippen molar-refractivity contribution < 1.29 is 14.3 Å². The lowest BCUT2D eigenvalue weighted by Crippen LogP contribution is -2.40. The Morgan fingerprint density at radius 2 is 1.91 bits per heavy atom. The molecule has 3 heterocycles. The van der Waals surface area contributed by atoms with Gasteiger partial charge in [0.2, 0.25) is 14.2 Å². The third kappa shape index (κ3) is 5.73. The maximum Gasteiger partial charge on any atom is 0.222 e. The normalized spacial score (nSPS) is 14.6. The molecule has 0 radical (unpaired) electrons. The summed E-state index contributed by atoms with van der Waals surface area (Å²) in [6.07, 6.45) is 2.68. The Morgan fingerprint density at radius 3 is 2.65 bits per heavy atom. The second-order valence-corrected chi connectivity index (χ2v) is 15.4. The average molecular weight is 613 g/mol. The van der Waals surface area contributed by atoms with Crippen LogP contribution in [0.5, 0.6) is 5.75 Å². The Bertz CT molecular complexity index is 1860. The number of aliphatic imine (C=N–C) groups is 1. The van der Waals surface area contributed by atoms with Gasteiger partial charge in [-0.25, -0.2) is 0 Å². The van der Waals surface area contributed by atoms with Crippen LogP contribution in [-0.2, 0) is 11.2 Å². The van der Waals surface area contributed by atoms with E-state index >= 15 is 0 Å². The topological polar surface area (TPSA) is 117 Å². The van der Waals surface area contributed by atoms with Crippen LogP contribution in [0.25, 0.3) is 16.6 Å². The minimum atomic E-state index is -2.43. The average Bonchev–Trinajstić information content (AvgIpc) is 3.55. The van der Waals surface area contributed by atoms with Crippen molar-refractivity contribution in [3.63, 3.8) is 0 Å². The van der Waals surface area contributed by atoms with Gasteiger partial charge in [0.05, 0.1) is 24.9 Å². The van der Waals surface area contributed by atoms with Crippen molar-refractivity contribution in [3.05, 3.63) is 100 Å². The number of methoxy groups -OCH3 is 1. The van der Waals surface area contributed by atoms with Crippen molar-refractivity contribution in [1.82, 2.24) is 25.1 Å². The lowest BCUT2D eigenvalue weighted by molar-refractivity contribution is -0.121. The Morgan fingerprint density at radius 1 is 1.12 bits per heavy atom. The fourth-order valence-electron chi connectivity index (χ4n) is 5.61. The molecule has 2 aromatic heterocycles. The number of amides is 1. The Hall–Kier alpha value is -4.25. The molecule has 43 heavy (non-hydrogen) atoms. The number of fused-ring (bicyclic) bond motifs is 4. The van der Waals surface area contributed by atoms with E-state index in [-0.39, 0.29) is 12.3 Å². The van der Waals surface area contributed by atoms with Gasteiger partial charge in [-0.2, -0.15) is 0 Å². The number of hydrogen-bond donors (Lipinski definition) is 3. The molecule has 0 spiro atoms. The molecule has 5 aromatic rings. The van der Waals surface area contributed by atoms with Crippen molar-refractivity contribution in [3.8, 4) is 11.4 Å². The van der Waals surface area contributed by atoms with Crippen LogP contribution in [0.2, 0.25) is 18.1 Å². The van der Waals surface area contributed by atoms with E-state index in [1.54, 1.807) is 7.11 Å². The fraction of sp³-hybridized carbons (Fsp3) is 0.250. The molecule has 1 aliphatic heterocycles. The van der Waals surface area contributed by atoms with Gasteiger partial charge < -0.3 is 19.8 Å². The predicted octanol–water partition coefficient (Wildman–Crippen LogP) is 4.76. The minimum absolute atomic E-state index is 0.107. The molecule has 9 nitrogen and oxygen atoms in total. The number of nitrogens with zero attached hydrogens (tertiary/aromatic N) is 4. The summed E-state index contributed by atoms with van der Waals surface area (Å²) in [5.74, 6) is 1.87. The smallest absolute Gasteiger partial charge is 0.222 e. The summed E-state index contributed by atoms with van der Waals surface area (Å²) in [5.41, 5.74) is 5.39. The van der Waals surface area contributed by atoms with Crippen LogP contribution < -0.4 is 15.2 Å². The van der Waals surface area contributed by atoms with E-state index in [0.717, 1.165) is 44.2 Å². The third-order valence-electron chi connectivity index (χ3n) is 7.77. The molecule has 0 saturated carbocycles. The van der Waals surface area contributed by atoms with Gasteiger partial charge in [-0.1, -0.05) is 35.9 Å². The highest BCUT2D eigenvalue weighted by molar-refractivity contribution is 6.85. The lowest BCUT2D eigenvalue weighted by atomic mass is 10.00. The number of H-pyrrole nitrogens is 1. The first-order valence-corrected chi connectivity index (χ1v) is 17.5.